The minimum atomic E-state index is -4.75. The minimum Gasteiger partial charge on any atom is -0.460 e. The Morgan fingerprint density at radius 1 is 1.29 bits per heavy atom. The number of esters is 1. The van der Waals surface area contributed by atoms with Crippen LogP contribution in [0.5, 0.6) is 5.75 Å². The number of benzene rings is 1. The predicted octanol–water partition coefficient (Wildman–Crippen LogP) is 2.55. The maximum atomic E-state index is 12.0. The topological polar surface area (TPSA) is 77.1 Å². The molecular weight excluding hydrogens is 291 g/mol. The second-order valence-electron chi connectivity index (χ2n) is 3.80. The molecule has 112 valence electrons. The molecule has 0 aliphatic carbocycles. The summed E-state index contributed by atoms with van der Waals surface area (Å²) in [5, 5.41) is 6.19. The second kappa shape index (κ2) is 5.81. The van der Waals surface area contributed by atoms with Crippen LogP contribution in [0.1, 0.15) is 17.5 Å². The first kappa shape index (κ1) is 14.8. The van der Waals surface area contributed by atoms with E-state index < -0.39 is 12.3 Å². The molecule has 0 bridgehead atoms. The average molecular weight is 301 g/mol. The van der Waals surface area contributed by atoms with Gasteiger partial charge in [-0.2, -0.15) is 5.10 Å². The first-order chi connectivity index (χ1) is 9.89. The lowest BCUT2D eigenvalue weighted by atomic mass is 10.2. The molecule has 0 aliphatic rings. The van der Waals surface area contributed by atoms with Gasteiger partial charge in [-0.1, -0.05) is 0 Å². The van der Waals surface area contributed by atoms with E-state index in [9.17, 15) is 18.0 Å². The molecule has 1 aromatic carbocycles. The number of aromatic nitrogens is 3. The number of carbonyl (C=O) groups is 1. The third-order valence-corrected chi connectivity index (χ3v) is 2.30. The van der Waals surface area contributed by atoms with Crippen LogP contribution in [0.2, 0.25) is 0 Å². The van der Waals surface area contributed by atoms with Gasteiger partial charge in [-0.05, 0) is 31.2 Å². The molecule has 21 heavy (non-hydrogen) atoms. The van der Waals surface area contributed by atoms with Crippen molar-refractivity contribution in [2.75, 3.05) is 6.61 Å². The number of nitrogens with one attached hydrogen (secondary N) is 1. The smallest absolute Gasteiger partial charge is 0.460 e. The van der Waals surface area contributed by atoms with E-state index in [1.807, 2.05) is 0 Å². The maximum Gasteiger partial charge on any atom is 0.573 e. The van der Waals surface area contributed by atoms with Gasteiger partial charge in [0.25, 0.3) is 0 Å². The normalized spacial score (nSPS) is 11.2. The van der Waals surface area contributed by atoms with E-state index in [-0.39, 0.29) is 24.0 Å². The average Bonchev–Trinajstić information content (AvgIpc) is 2.87. The summed E-state index contributed by atoms with van der Waals surface area (Å²) in [5.41, 5.74) is 0.427. The van der Waals surface area contributed by atoms with E-state index in [4.69, 9.17) is 4.74 Å². The first-order valence-corrected chi connectivity index (χ1v) is 5.85. The third-order valence-electron chi connectivity index (χ3n) is 2.30. The Hall–Kier alpha value is -2.58. The van der Waals surface area contributed by atoms with Gasteiger partial charge >= 0.3 is 12.3 Å². The zero-order valence-corrected chi connectivity index (χ0v) is 10.8. The Balaban J connectivity index is 2.14. The molecule has 0 radical (unpaired) electrons. The first-order valence-electron chi connectivity index (χ1n) is 5.85. The number of hydrogen-bond acceptors (Lipinski definition) is 5. The van der Waals surface area contributed by atoms with Crippen molar-refractivity contribution in [2.45, 2.75) is 13.3 Å². The lowest BCUT2D eigenvalue weighted by molar-refractivity contribution is -0.274. The molecule has 0 amide bonds. The number of carbonyl (C=O) groups excluding carboxylic acids is 1. The van der Waals surface area contributed by atoms with Gasteiger partial charge in [-0.15, -0.1) is 13.2 Å². The summed E-state index contributed by atoms with van der Waals surface area (Å²) < 4.78 is 44.6. The SMILES string of the molecule is CCOC(=O)c1nc(-c2ccc(OC(F)(F)F)cc2)n[nH]1. The van der Waals surface area contributed by atoms with Crippen molar-refractivity contribution in [3.05, 3.63) is 30.1 Å². The van der Waals surface area contributed by atoms with Crippen molar-refractivity contribution in [3.63, 3.8) is 0 Å². The van der Waals surface area contributed by atoms with E-state index in [1.54, 1.807) is 6.92 Å². The Labute approximate surface area is 116 Å². The molecule has 0 unspecified atom stereocenters. The molecule has 9 heteroatoms. The van der Waals surface area contributed by atoms with Crippen LogP contribution in [-0.4, -0.2) is 34.1 Å². The van der Waals surface area contributed by atoms with Crippen LogP contribution in [0.3, 0.4) is 0 Å². The third kappa shape index (κ3) is 3.94. The highest BCUT2D eigenvalue weighted by atomic mass is 19.4. The Kier molecular flexibility index (Phi) is 4.10. The largest absolute Gasteiger partial charge is 0.573 e. The summed E-state index contributed by atoms with van der Waals surface area (Å²) in [6.45, 7) is 1.84. The monoisotopic (exact) mass is 301 g/mol. The minimum absolute atomic E-state index is 0.0810. The molecule has 2 rings (SSSR count). The van der Waals surface area contributed by atoms with Crippen molar-refractivity contribution in [2.24, 2.45) is 0 Å². The summed E-state index contributed by atoms with van der Waals surface area (Å²) >= 11 is 0. The van der Waals surface area contributed by atoms with E-state index >= 15 is 0 Å². The molecule has 1 aromatic heterocycles. The summed E-state index contributed by atoms with van der Waals surface area (Å²) in [7, 11) is 0. The molecule has 0 aliphatic heterocycles. The van der Waals surface area contributed by atoms with Crippen molar-refractivity contribution in [1.29, 1.82) is 0 Å². The molecular formula is C12H10F3N3O3. The highest BCUT2D eigenvalue weighted by Gasteiger charge is 2.31. The molecule has 0 atom stereocenters. The van der Waals surface area contributed by atoms with Gasteiger partial charge in [-0.25, -0.2) is 9.78 Å². The molecule has 2 aromatic rings. The van der Waals surface area contributed by atoms with Crippen LogP contribution in [0.25, 0.3) is 11.4 Å². The molecule has 0 fully saturated rings. The highest BCUT2D eigenvalue weighted by molar-refractivity contribution is 5.85. The van der Waals surface area contributed by atoms with Gasteiger partial charge in [0.1, 0.15) is 5.75 Å². The van der Waals surface area contributed by atoms with Gasteiger partial charge in [0.2, 0.25) is 5.82 Å². The van der Waals surface area contributed by atoms with Crippen molar-refractivity contribution >= 4 is 5.97 Å². The lowest BCUT2D eigenvalue weighted by Crippen LogP contribution is -2.16. The standard InChI is InChI=1S/C12H10F3N3O3/c1-2-20-11(19)10-16-9(17-18-10)7-3-5-8(6-4-7)21-12(13,14)15/h3-6H,2H2,1H3,(H,16,17,18). The number of alkyl halides is 3. The second-order valence-corrected chi connectivity index (χ2v) is 3.80. The van der Waals surface area contributed by atoms with Crippen LogP contribution in [0, 0.1) is 0 Å². The van der Waals surface area contributed by atoms with E-state index in [1.165, 1.54) is 12.1 Å². The number of ether oxygens (including phenoxy) is 2. The van der Waals surface area contributed by atoms with Crippen LogP contribution >= 0.6 is 0 Å². The zero-order chi connectivity index (χ0) is 15.5. The molecule has 0 saturated heterocycles. The highest BCUT2D eigenvalue weighted by Crippen LogP contribution is 2.25. The number of rotatable bonds is 4. The summed E-state index contributed by atoms with van der Waals surface area (Å²) in [5.74, 6) is -0.931. The Morgan fingerprint density at radius 2 is 1.95 bits per heavy atom. The van der Waals surface area contributed by atoms with E-state index in [2.05, 4.69) is 19.9 Å². The van der Waals surface area contributed by atoms with E-state index in [0.29, 0.717) is 5.56 Å². The maximum absolute atomic E-state index is 12.0. The van der Waals surface area contributed by atoms with Crippen molar-refractivity contribution < 1.29 is 27.4 Å². The summed E-state index contributed by atoms with van der Waals surface area (Å²) in [6.07, 6.45) is -4.75. The van der Waals surface area contributed by atoms with E-state index in [0.717, 1.165) is 12.1 Å². The van der Waals surface area contributed by atoms with Gasteiger partial charge in [0.15, 0.2) is 5.82 Å². The number of halogens is 3. The molecule has 0 saturated carbocycles. The zero-order valence-electron chi connectivity index (χ0n) is 10.8. The molecule has 1 N–H and O–H groups in total. The molecule has 1 heterocycles. The fourth-order valence-electron chi connectivity index (χ4n) is 1.49. The lowest BCUT2D eigenvalue weighted by Gasteiger charge is -2.08. The van der Waals surface area contributed by atoms with Crippen LogP contribution < -0.4 is 4.74 Å². The summed E-state index contributed by atoms with van der Waals surface area (Å²) in [4.78, 5) is 15.3. The number of H-pyrrole nitrogens is 1. The van der Waals surface area contributed by atoms with Gasteiger partial charge in [-0.3, -0.25) is 5.10 Å². The van der Waals surface area contributed by atoms with Gasteiger partial charge < -0.3 is 9.47 Å². The molecule has 6 nitrogen and oxygen atoms in total. The fraction of sp³-hybridized carbons (Fsp3) is 0.250. The Bertz CT molecular complexity index is 623. The van der Waals surface area contributed by atoms with Crippen LogP contribution in [-0.2, 0) is 4.74 Å². The fourth-order valence-corrected chi connectivity index (χ4v) is 1.49. The van der Waals surface area contributed by atoms with Gasteiger partial charge in [0.05, 0.1) is 6.61 Å². The van der Waals surface area contributed by atoms with Crippen LogP contribution in [0.4, 0.5) is 13.2 Å². The molecule has 0 spiro atoms. The summed E-state index contributed by atoms with van der Waals surface area (Å²) in [6, 6.07) is 4.95. The number of aromatic amines is 1. The number of nitrogens with zero attached hydrogens (tertiary/aromatic N) is 2. The van der Waals surface area contributed by atoms with Crippen LogP contribution in [0.15, 0.2) is 24.3 Å². The van der Waals surface area contributed by atoms with Gasteiger partial charge in [0, 0.05) is 5.56 Å². The Morgan fingerprint density at radius 3 is 2.52 bits per heavy atom. The quantitative estimate of drug-likeness (QED) is 0.878. The predicted molar refractivity (Wildman–Crippen MR) is 64.5 cm³/mol. The number of hydrogen-bond donors (Lipinski definition) is 1. The van der Waals surface area contributed by atoms with Crippen molar-refractivity contribution in [3.8, 4) is 17.1 Å². The van der Waals surface area contributed by atoms with Crippen molar-refractivity contribution in [1.82, 2.24) is 15.2 Å².